The minimum absolute atomic E-state index is 0.138. The molecule has 3 rings (SSSR count). The molecule has 26 heavy (non-hydrogen) atoms. The van der Waals surface area contributed by atoms with Crippen molar-refractivity contribution in [3.05, 3.63) is 42.2 Å². The molecule has 138 valence electrons. The summed E-state index contributed by atoms with van der Waals surface area (Å²) < 4.78 is 12.6. The number of nitrogens with zero attached hydrogens (tertiary/aromatic N) is 3. The number of amides is 1. The van der Waals surface area contributed by atoms with Crippen LogP contribution in [0, 0.1) is 0 Å². The first-order valence-corrected chi connectivity index (χ1v) is 8.49. The van der Waals surface area contributed by atoms with E-state index in [4.69, 9.17) is 14.6 Å². The first kappa shape index (κ1) is 17.9. The number of benzene rings is 1. The van der Waals surface area contributed by atoms with Gasteiger partial charge in [0.1, 0.15) is 0 Å². The zero-order valence-corrected chi connectivity index (χ0v) is 14.5. The summed E-state index contributed by atoms with van der Waals surface area (Å²) in [5.74, 6) is -0.836. The van der Waals surface area contributed by atoms with Gasteiger partial charge in [0.25, 0.3) is 5.91 Å². The molecule has 1 atom stereocenters. The van der Waals surface area contributed by atoms with E-state index in [0.29, 0.717) is 25.5 Å². The second kappa shape index (κ2) is 8.01. The van der Waals surface area contributed by atoms with Crippen molar-refractivity contribution in [1.82, 2.24) is 14.7 Å². The Labute approximate surface area is 150 Å². The van der Waals surface area contributed by atoms with Gasteiger partial charge in [0.15, 0.2) is 11.4 Å². The maximum atomic E-state index is 12.9. The Bertz CT molecular complexity index is 774. The van der Waals surface area contributed by atoms with E-state index in [1.54, 1.807) is 15.8 Å². The van der Waals surface area contributed by atoms with E-state index in [9.17, 15) is 9.59 Å². The summed E-state index contributed by atoms with van der Waals surface area (Å²) in [7, 11) is 0. The Morgan fingerprint density at radius 3 is 2.81 bits per heavy atom. The summed E-state index contributed by atoms with van der Waals surface area (Å²) >= 11 is 0. The number of carbonyl (C=O) groups is 2. The quantitative estimate of drug-likeness (QED) is 0.842. The lowest BCUT2D eigenvalue weighted by atomic mass is 10.2. The Balaban J connectivity index is 1.83. The highest BCUT2D eigenvalue weighted by atomic mass is 16.5. The van der Waals surface area contributed by atoms with Crippen LogP contribution in [0.4, 0.5) is 0 Å². The van der Waals surface area contributed by atoms with E-state index in [1.807, 2.05) is 37.3 Å². The largest absolute Gasteiger partial charge is 0.490 e. The zero-order chi connectivity index (χ0) is 18.5. The van der Waals surface area contributed by atoms with Crippen LogP contribution in [0.2, 0.25) is 0 Å². The molecule has 1 N–H and O–H groups in total. The van der Waals surface area contributed by atoms with Gasteiger partial charge in [-0.05, 0) is 19.1 Å². The third kappa shape index (κ3) is 4.02. The fourth-order valence-electron chi connectivity index (χ4n) is 2.85. The van der Waals surface area contributed by atoms with Crippen LogP contribution >= 0.6 is 0 Å². The van der Waals surface area contributed by atoms with Gasteiger partial charge >= 0.3 is 5.97 Å². The summed E-state index contributed by atoms with van der Waals surface area (Å²) in [5, 5.41) is 13.3. The smallest absolute Gasteiger partial charge is 0.306 e. The molecule has 1 fully saturated rings. The fraction of sp³-hybridized carbons (Fsp3) is 0.389. The molecule has 1 saturated heterocycles. The molecular formula is C18H21N3O5. The van der Waals surface area contributed by atoms with Crippen LogP contribution in [-0.2, 0) is 9.53 Å². The lowest BCUT2D eigenvalue weighted by Gasteiger charge is -2.31. The molecule has 0 aliphatic carbocycles. The number of para-hydroxylation sites is 1. The van der Waals surface area contributed by atoms with E-state index in [2.05, 4.69) is 5.10 Å². The molecule has 1 amide bonds. The van der Waals surface area contributed by atoms with Crippen molar-refractivity contribution in [2.24, 2.45) is 0 Å². The summed E-state index contributed by atoms with van der Waals surface area (Å²) in [4.78, 5) is 25.4. The lowest BCUT2D eigenvalue weighted by molar-refractivity contribution is -0.141. The molecule has 1 aliphatic rings. The SMILES string of the molecule is CCOc1cn(-c2ccccc2)nc1C(=O)N1CCO[C@H](CC(=O)O)C1. The summed E-state index contributed by atoms with van der Waals surface area (Å²) in [6, 6.07) is 9.44. The molecule has 0 saturated carbocycles. The van der Waals surface area contributed by atoms with Crippen LogP contribution in [0.1, 0.15) is 23.8 Å². The van der Waals surface area contributed by atoms with Gasteiger partial charge in [-0.3, -0.25) is 9.59 Å². The normalized spacial score (nSPS) is 17.1. The summed E-state index contributed by atoms with van der Waals surface area (Å²) in [6.07, 6.45) is 1.03. The van der Waals surface area contributed by atoms with Gasteiger partial charge in [-0.1, -0.05) is 18.2 Å². The van der Waals surface area contributed by atoms with Crippen LogP contribution in [-0.4, -0.2) is 64.1 Å². The van der Waals surface area contributed by atoms with Gasteiger partial charge < -0.3 is 19.5 Å². The molecule has 0 bridgehead atoms. The number of rotatable bonds is 6. The van der Waals surface area contributed by atoms with E-state index in [0.717, 1.165) is 5.69 Å². The van der Waals surface area contributed by atoms with Crippen molar-refractivity contribution in [1.29, 1.82) is 0 Å². The summed E-state index contributed by atoms with van der Waals surface area (Å²) in [5.41, 5.74) is 1.03. The first-order chi connectivity index (χ1) is 12.6. The topological polar surface area (TPSA) is 93.9 Å². The number of carboxylic acids is 1. The number of ether oxygens (including phenoxy) is 2. The molecule has 0 spiro atoms. The summed E-state index contributed by atoms with van der Waals surface area (Å²) in [6.45, 7) is 3.15. The highest BCUT2D eigenvalue weighted by molar-refractivity contribution is 5.95. The van der Waals surface area contributed by atoms with Gasteiger partial charge in [0.2, 0.25) is 0 Å². The number of aliphatic carboxylic acids is 1. The van der Waals surface area contributed by atoms with Gasteiger partial charge in [0, 0.05) is 13.1 Å². The highest BCUT2D eigenvalue weighted by Crippen LogP contribution is 2.23. The number of morpholine rings is 1. The fourth-order valence-corrected chi connectivity index (χ4v) is 2.85. The molecule has 1 aromatic heterocycles. The minimum atomic E-state index is -0.951. The number of hydrogen-bond donors (Lipinski definition) is 1. The number of carbonyl (C=O) groups excluding carboxylic acids is 1. The number of hydrogen-bond acceptors (Lipinski definition) is 5. The molecule has 0 radical (unpaired) electrons. The van der Waals surface area contributed by atoms with Gasteiger partial charge in [-0.15, -0.1) is 0 Å². The van der Waals surface area contributed by atoms with Gasteiger partial charge in [0.05, 0.1) is 37.6 Å². The van der Waals surface area contributed by atoms with E-state index in [-0.39, 0.29) is 24.6 Å². The minimum Gasteiger partial charge on any atom is -0.490 e. The molecule has 2 aromatic rings. The molecular weight excluding hydrogens is 338 g/mol. The molecule has 2 heterocycles. The van der Waals surface area contributed by atoms with Crippen molar-refractivity contribution in [3.63, 3.8) is 0 Å². The third-order valence-electron chi connectivity index (χ3n) is 4.03. The Morgan fingerprint density at radius 1 is 1.35 bits per heavy atom. The molecule has 1 aliphatic heterocycles. The van der Waals surface area contributed by atoms with E-state index < -0.39 is 12.1 Å². The Morgan fingerprint density at radius 2 is 2.12 bits per heavy atom. The molecule has 1 aromatic carbocycles. The van der Waals surface area contributed by atoms with Gasteiger partial charge in [-0.25, -0.2) is 4.68 Å². The highest BCUT2D eigenvalue weighted by Gasteiger charge is 2.30. The third-order valence-corrected chi connectivity index (χ3v) is 4.03. The van der Waals surface area contributed by atoms with Crippen molar-refractivity contribution < 1.29 is 24.2 Å². The van der Waals surface area contributed by atoms with Crippen LogP contribution in [0.5, 0.6) is 5.75 Å². The van der Waals surface area contributed by atoms with E-state index >= 15 is 0 Å². The molecule has 8 heteroatoms. The van der Waals surface area contributed by atoms with Gasteiger partial charge in [-0.2, -0.15) is 5.10 Å². The van der Waals surface area contributed by atoms with Crippen molar-refractivity contribution in [3.8, 4) is 11.4 Å². The van der Waals surface area contributed by atoms with Crippen molar-refractivity contribution >= 4 is 11.9 Å². The van der Waals surface area contributed by atoms with Crippen LogP contribution in [0.25, 0.3) is 5.69 Å². The van der Waals surface area contributed by atoms with Crippen LogP contribution in [0.15, 0.2) is 36.5 Å². The van der Waals surface area contributed by atoms with Crippen LogP contribution < -0.4 is 4.74 Å². The predicted octanol–water partition coefficient (Wildman–Crippen LogP) is 1.59. The second-order valence-corrected chi connectivity index (χ2v) is 5.90. The molecule has 0 unspecified atom stereocenters. The number of aromatic nitrogens is 2. The average molecular weight is 359 g/mol. The predicted molar refractivity (Wildman–Crippen MR) is 92.6 cm³/mol. The standard InChI is InChI=1S/C18H21N3O5/c1-2-25-15-12-21(13-6-4-3-5-7-13)19-17(15)18(24)20-8-9-26-14(11-20)10-16(22)23/h3-7,12,14H,2,8-11H2,1H3,(H,22,23)/t14-/m1/s1. The lowest BCUT2D eigenvalue weighted by Crippen LogP contribution is -2.46. The maximum Gasteiger partial charge on any atom is 0.306 e. The second-order valence-electron chi connectivity index (χ2n) is 5.90. The van der Waals surface area contributed by atoms with Crippen molar-refractivity contribution in [2.45, 2.75) is 19.4 Å². The Hall–Kier alpha value is -2.87. The van der Waals surface area contributed by atoms with E-state index in [1.165, 1.54) is 0 Å². The van der Waals surface area contributed by atoms with Crippen molar-refractivity contribution in [2.75, 3.05) is 26.3 Å². The van der Waals surface area contributed by atoms with Crippen LogP contribution in [0.3, 0.4) is 0 Å². The Kier molecular flexibility index (Phi) is 5.52. The molecule has 8 nitrogen and oxygen atoms in total. The monoisotopic (exact) mass is 359 g/mol. The number of carboxylic acid groups (broad SMARTS) is 1. The zero-order valence-electron chi connectivity index (χ0n) is 14.5. The average Bonchev–Trinajstić information content (AvgIpc) is 3.06. The first-order valence-electron chi connectivity index (χ1n) is 8.49. The maximum absolute atomic E-state index is 12.9.